The van der Waals surface area contributed by atoms with Crippen LogP contribution in [0.15, 0.2) is 36.7 Å². The van der Waals surface area contributed by atoms with Gasteiger partial charge in [0.1, 0.15) is 5.82 Å². The van der Waals surface area contributed by atoms with Gasteiger partial charge in [0.15, 0.2) is 0 Å². The van der Waals surface area contributed by atoms with E-state index in [0.29, 0.717) is 18.5 Å². The topological polar surface area (TPSA) is 68.0 Å². The van der Waals surface area contributed by atoms with Crippen molar-refractivity contribution in [1.29, 1.82) is 0 Å². The summed E-state index contributed by atoms with van der Waals surface area (Å²) in [5.41, 5.74) is 2.99. The maximum atomic E-state index is 12.4. The summed E-state index contributed by atoms with van der Waals surface area (Å²) in [6, 6.07) is 8.70. The number of aromatic nitrogens is 4. The van der Waals surface area contributed by atoms with E-state index in [9.17, 15) is 4.79 Å². The van der Waals surface area contributed by atoms with Crippen LogP contribution < -0.4 is 5.32 Å². The van der Waals surface area contributed by atoms with Gasteiger partial charge in [0.25, 0.3) is 0 Å². The lowest BCUT2D eigenvalue weighted by atomic mass is 9.97. The van der Waals surface area contributed by atoms with Crippen LogP contribution in [-0.2, 0) is 11.8 Å². The summed E-state index contributed by atoms with van der Waals surface area (Å²) >= 11 is 0. The molecule has 1 saturated heterocycles. The van der Waals surface area contributed by atoms with E-state index in [-0.39, 0.29) is 5.91 Å². The number of carbonyl (C=O) groups is 1. The highest BCUT2D eigenvalue weighted by Crippen LogP contribution is 2.31. The molecule has 0 spiro atoms. The molecule has 2 aromatic heterocycles. The number of para-hydroxylation sites is 2. The summed E-state index contributed by atoms with van der Waals surface area (Å²) in [6.07, 6.45) is 5.66. The molecule has 1 N–H and O–H groups in total. The Morgan fingerprint density at radius 1 is 1.32 bits per heavy atom. The van der Waals surface area contributed by atoms with Crippen molar-refractivity contribution >= 4 is 22.6 Å². The predicted octanol–water partition coefficient (Wildman–Crippen LogP) is 3.17. The number of likely N-dealkylation sites (tertiary alicyclic amines) is 1. The smallest absolute Gasteiger partial charge is 0.238 e. The van der Waals surface area contributed by atoms with Crippen molar-refractivity contribution in [1.82, 2.24) is 24.2 Å². The lowest BCUT2D eigenvalue weighted by Gasteiger charge is -2.32. The first-order valence-corrected chi connectivity index (χ1v) is 9.99. The van der Waals surface area contributed by atoms with Crippen LogP contribution in [0.3, 0.4) is 0 Å². The second-order valence-electron chi connectivity index (χ2n) is 7.95. The van der Waals surface area contributed by atoms with Gasteiger partial charge in [-0.1, -0.05) is 12.1 Å². The molecule has 3 heterocycles. The Kier molecular flexibility index (Phi) is 5.17. The van der Waals surface area contributed by atoms with Crippen LogP contribution in [0.25, 0.3) is 11.0 Å². The van der Waals surface area contributed by atoms with Gasteiger partial charge >= 0.3 is 0 Å². The van der Waals surface area contributed by atoms with Gasteiger partial charge in [-0.2, -0.15) is 5.10 Å². The van der Waals surface area contributed by atoms with E-state index in [1.165, 1.54) is 5.52 Å². The van der Waals surface area contributed by atoms with E-state index in [4.69, 9.17) is 4.98 Å². The average Bonchev–Trinajstić information content (AvgIpc) is 3.25. The molecule has 1 fully saturated rings. The van der Waals surface area contributed by atoms with Crippen LogP contribution in [0.2, 0.25) is 0 Å². The summed E-state index contributed by atoms with van der Waals surface area (Å²) in [5.74, 6) is 1.49. The predicted molar refractivity (Wildman–Crippen MR) is 110 cm³/mol. The van der Waals surface area contributed by atoms with Crippen LogP contribution in [0.4, 0.5) is 5.69 Å². The number of benzene rings is 1. The maximum Gasteiger partial charge on any atom is 0.238 e. The third-order valence-electron chi connectivity index (χ3n) is 5.37. The third-order valence-corrected chi connectivity index (χ3v) is 5.37. The molecule has 0 saturated carbocycles. The van der Waals surface area contributed by atoms with Crippen molar-refractivity contribution in [3.05, 3.63) is 42.5 Å². The summed E-state index contributed by atoms with van der Waals surface area (Å²) < 4.78 is 4.04. The number of rotatable bonds is 5. The Bertz CT molecular complexity index is 972. The number of fused-ring (bicyclic) bond motifs is 1. The van der Waals surface area contributed by atoms with Crippen molar-refractivity contribution in [2.75, 3.05) is 25.0 Å². The van der Waals surface area contributed by atoms with Gasteiger partial charge in [-0.25, -0.2) is 4.98 Å². The normalized spacial score (nSPS) is 18.1. The largest absolute Gasteiger partial charge is 0.325 e. The van der Waals surface area contributed by atoms with Crippen LogP contribution in [0, 0.1) is 0 Å². The van der Waals surface area contributed by atoms with E-state index >= 15 is 0 Å². The first-order chi connectivity index (χ1) is 13.5. The van der Waals surface area contributed by atoms with Crippen LogP contribution in [-0.4, -0.2) is 49.8 Å². The SMILES string of the molecule is CC(C)n1c([C@@H]2CCCN(CC(=O)Nc3cnn(C)c3)C2)nc2ccccc21. The third kappa shape index (κ3) is 3.80. The number of piperidine rings is 1. The number of hydrogen-bond acceptors (Lipinski definition) is 4. The zero-order valence-electron chi connectivity index (χ0n) is 16.8. The van der Waals surface area contributed by atoms with Crippen LogP contribution >= 0.6 is 0 Å². The van der Waals surface area contributed by atoms with Crippen molar-refractivity contribution < 1.29 is 4.79 Å². The minimum Gasteiger partial charge on any atom is -0.325 e. The molecule has 1 amide bonds. The first-order valence-electron chi connectivity index (χ1n) is 9.99. The van der Waals surface area contributed by atoms with Gasteiger partial charge in [0, 0.05) is 31.7 Å². The average molecular weight is 380 g/mol. The minimum atomic E-state index is 0.00557. The molecule has 0 bridgehead atoms. The van der Waals surface area contributed by atoms with Crippen molar-refractivity contribution in [2.45, 2.75) is 38.6 Å². The van der Waals surface area contributed by atoms with Crippen molar-refractivity contribution in [2.24, 2.45) is 7.05 Å². The van der Waals surface area contributed by atoms with Gasteiger partial charge in [0.05, 0.1) is 29.5 Å². The van der Waals surface area contributed by atoms with Crippen LogP contribution in [0.1, 0.15) is 44.5 Å². The summed E-state index contributed by atoms with van der Waals surface area (Å²) in [4.78, 5) is 19.6. The highest BCUT2D eigenvalue weighted by Gasteiger charge is 2.27. The molecule has 7 nitrogen and oxygen atoms in total. The lowest BCUT2D eigenvalue weighted by Crippen LogP contribution is -2.40. The fraction of sp³-hybridized carbons (Fsp3) is 0.476. The van der Waals surface area contributed by atoms with Gasteiger partial charge in [-0.05, 0) is 45.4 Å². The number of amides is 1. The number of nitrogens with zero attached hydrogens (tertiary/aromatic N) is 5. The zero-order chi connectivity index (χ0) is 19.7. The highest BCUT2D eigenvalue weighted by atomic mass is 16.2. The standard InChI is InChI=1S/C21H28N6O/c1-15(2)27-19-9-5-4-8-18(19)24-21(27)16-7-6-10-26(12-16)14-20(28)23-17-11-22-25(3)13-17/h4-5,8-9,11,13,15-16H,6-7,10,12,14H2,1-3H3,(H,23,28)/t16-/m1/s1. The lowest BCUT2D eigenvalue weighted by molar-refractivity contribution is -0.117. The van der Waals surface area contributed by atoms with Gasteiger partial charge in [0.2, 0.25) is 5.91 Å². The molecule has 4 rings (SSSR count). The summed E-state index contributed by atoms with van der Waals surface area (Å²) in [5, 5.41) is 7.02. The summed E-state index contributed by atoms with van der Waals surface area (Å²) in [6.45, 7) is 6.61. The van der Waals surface area contributed by atoms with Gasteiger partial charge in [-0.3, -0.25) is 14.4 Å². The van der Waals surface area contributed by atoms with Crippen molar-refractivity contribution in [3.8, 4) is 0 Å². The zero-order valence-corrected chi connectivity index (χ0v) is 16.8. The number of imidazole rings is 1. The Balaban J connectivity index is 1.49. The molecule has 7 heteroatoms. The molecule has 0 aliphatic carbocycles. The molecular formula is C21H28N6O. The van der Waals surface area contributed by atoms with Gasteiger partial charge < -0.3 is 9.88 Å². The number of nitrogens with one attached hydrogen (secondary N) is 1. The second-order valence-corrected chi connectivity index (χ2v) is 7.95. The number of carbonyl (C=O) groups excluding carboxylic acids is 1. The fourth-order valence-electron chi connectivity index (χ4n) is 4.19. The molecule has 0 radical (unpaired) electrons. The van der Waals surface area contributed by atoms with Crippen LogP contribution in [0.5, 0.6) is 0 Å². The quantitative estimate of drug-likeness (QED) is 0.738. The first kappa shape index (κ1) is 18.7. The Hall–Kier alpha value is -2.67. The molecule has 1 atom stereocenters. The maximum absolute atomic E-state index is 12.4. The molecule has 1 aromatic carbocycles. The molecule has 148 valence electrons. The molecule has 3 aromatic rings. The second kappa shape index (κ2) is 7.75. The number of aryl methyl sites for hydroxylation is 1. The van der Waals surface area contributed by atoms with E-state index in [1.54, 1.807) is 10.9 Å². The Morgan fingerprint density at radius 2 is 2.14 bits per heavy atom. The molecule has 1 aliphatic heterocycles. The van der Waals surface area contributed by atoms with E-state index in [1.807, 2.05) is 19.3 Å². The highest BCUT2D eigenvalue weighted by molar-refractivity contribution is 5.92. The Morgan fingerprint density at radius 3 is 2.89 bits per heavy atom. The molecule has 28 heavy (non-hydrogen) atoms. The van der Waals surface area contributed by atoms with E-state index < -0.39 is 0 Å². The molecule has 0 unspecified atom stereocenters. The number of anilines is 1. The molecule has 1 aliphatic rings. The summed E-state index contributed by atoms with van der Waals surface area (Å²) in [7, 11) is 1.84. The van der Waals surface area contributed by atoms with Crippen molar-refractivity contribution in [3.63, 3.8) is 0 Å². The number of hydrogen-bond donors (Lipinski definition) is 1. The Labute approximate surface area is 165 Å². The fourth-order valence-corrected chi connectivity index (χ4v) is 4.19. The molecular weight excluding hydrogens is 352 g/mol. The monoisotopic (exact) mass is 380 g/mol. The minimum absolute atomic E-state index is 0.00557. The van der Waals surface area contributed by atoms with Gasteiger partial charge in [-0.15, -0.1) is 0 Å². The van der Waals surface area contributed by atoms with E-state index in [2.05, 4.69) is 51.9 Å². The van der Waals surface area contributed by atoms with E-state index in [0.717, 1.165) is 43.0 Å².